The van der Waals surface area contributed by atoms with Crippen molar-refractivity contribution in [1.29, 1.82) is 0 Å². The van der Waals surface area contributed by atoms with Crippen molar-refractivity contribution in [3.8, 4) is 0 Å². The molecule has 2 aromatic heterocycles. The van der Waals surface area contributed by atoms with Crippen molar-refractivity contribution in [2.45, 2.75) is 19.8 Å². The molecular formula is C17H20N4OS. The predicted molar refractivity (Wildman–Crippen MR) is 94.6 cm³/mol. The molecule has 0 unspecified atom stereocenters. The normalized spacial score (nSPS) is 16.0. The molecule has 120 valence electrons. The van der Waals surface area contributed by atoms with E-state index in [0.717, 1.165) is 29.8 Å². The molecule has 0 radical (unpaired) electrons. The van der Waals surface area contributed by atoms with Crippen LogP contribution in [-0.4, -0.2) is 29.0 Å². The summed E-state index contributed by atoms with van der Waals surface area (Å²) in [6, 6.07) is 3.92. The second-order valence-electron chi connectivity index (χ2n) is 5.78. The molecule has 0 aromatic carbocycles. The number of anilines is 2. The first kappa shape index (κ1) is 15.7. The number of hydrogen-bond donors (Lipinski definition) is 1. The Hall–Kier alpha value is -2.21. The summed E-state index contributed by atoms with van der Waals surface area (Å²) in [5, 5.41) is 4.75. The van der Waals surface area contributed by atoms with E-state index >= 15 is 0 Å². The lowest BCUT2D eigenvalue weighted by Gasteiger charge is -2.30. The topological polar surface area (TPSA) is 58.1 Å². The van der Waals surface area contributed by atoms with Gasteiger partial charge in [0.25, 0.3) is 0 Å². The van der Waals surface area contributed by atoms with Crippen molar-refractivity contribution in [2.75, 3.05) is 23.3 Å². The Kier molecular flexibility index (Phi) is 5.02. The molecule has 1 saturated heterocycles. The van der Waals surface area contributed by atoms with Crippen molar-refractivity contribution >= 4 is 35.0 Å². The minimum absolute atomic E-state index is 0.179. The Balaban J connectivity index is 1.56. The Labute approximate surface area is 140 Å². The van der Waals surface area contributed by atoms with Gasteiger partial charge in [-0.05, 0) is 36.3 Å². The molecule has 1 N–H and O–H groups in total. The van der Waals surface area contributed by atoms with Gasteiger partial charge in [-0.15, -0.1) is 11.3 Å². The van der Waals surface area contributed by atoms with Gasteiger partial charge in [-0.1, -0.05) is 13.0 Å². The Morgan fingerprint density at radius 3 is 2.74 bits per heavy atom. The van der Waals surface area contributed by atoms with E-state index in [9.17, 15) is 4.79 Å². The highest BCUT2D eigenvalue weighted by Gasteiger charge is 2.17. The van der Waals surface area contributed by atoms with E-state index in [1.165, 1.54) is 18.9 Å². The van der Waals surface area contributed by atoms with Crippen LogP contribution in [0.1, 0.15) is 24.6 Å². The van der Waals surface area contributed by atoms with E-state index in [1.807, 2.05) is 17.5 Å². The van der Waals surface area contributed by atoms with Crippen LogP contribution in [-0.2, 0) is 4.79 Å². The quantitative estimate of drug-likeness (QED) is 0.874. The molecule has 6 heteroatoms. The molecule has 1 amide bonds. The molecule has 0 bridgehead atoms. The van der Waals surface area contributed by atoms with Crippen molar-refractivity contribution in [2.24, 2.45) is 5.92 Å². The van der Waals surface area contributed by atoms with Gasteiger partial charge >= 0.3 is 0 Å². The summed E-state index contributed by atoms with van der Waals surface area (Å²) < 4.78 is 0. The molecule has 3 rings (SSSR count). The number of rotatable bonds is 4. The Morgan fingerprint density at radius 2 is 2.09 bits per heavy atom. The van der Waals surface area contributed by atoms with Gasteiger partial charge in [-0.3, -0.25) is 4.79 Å². The number of nitrogens with zero attached hydrogens (tertiary/aromatic N) is 3. The molecule has 23 heavy (non-hydrogen) atoms. The fourth-order valence-electron chi connectivity index (χ4n) is 2.49. The highest BCUT2D eigenvalue weighted by molar-refractivity contribution is 7.10. The zero-order valence-corrected chi connectivity index (χ0v) is 13.9. The number of hydrogen-bond acceptors (Lipinski definition) is 5. The fourth-order valence-corrected chi connectivity index (χ4v) is 3.10. The molecule has 1 fully saturated rings. The zero-order chi connectivity index (χ0) is 16.1. The fraction of sp³-hybridized carbons (Fsp3) is 0.353. The van der Waals surface area contributed by atoms with Crippen LogP contribution in [0.3, 0.4) is 0 Å². The van der Waals surface area contributed by atoms with E-state index in [2.05, 4.69) is 27.1 Å². The van der Waals surface area contributed by atoms with Gasteiger partial charge in [-0.25, -0.2) is 9.97 Å². The van der Waals surface area contributed by atoms with Crippen LogP contribution in [0.2, 0.25) is 0 Å². The summed E-state index contributed by atoms with van der Waals surface area (Å²) >= 11 is 1.59. The molecule has 2 aromatic rings. The monoisotopic (exact) mass is 328 g/mol. The van der Waals surface area contributed by atoms with Crippen LogP contribution in [0, 0.1) is 5.92 Å². The smallest absolute Gasteiger partial charge is 0.248 e. The van der Waals surface area contributed by atoms with Crippen LogP contribution in [0.25, 0.3) is 6.08 Å². The van der Waals surface area contributed by atoms with E-state index in [1.54, 1.807) is 29.8 Å². The van der Waals surface area contributed by atoms with Gasteiger partial charge in [0.15, 0.2) is 0 Å². The minimum atomic E-state index is -0.179. The average molecular weight is 328 g/mol. The number of thiophene rings is 1. The third kappa shape index (κ3) is 4.39. The maximum atomic E-state index is 11.9. The molecular weight excluding hydrogens is 308 g/mol. The van der Waals surface area contributed by atoms with Crippen molar-refractivity contribution in [1.82, 2.24) is 9.97 Å². The number of amides is 1. The Bertz CT molecular complexity index is 658. The predicted octanol–water partition coefficient (Wildman–Crippen LogP) is 3.43. The van der Waals surface area contributed by atoms with E-state index in [4.69, 9.17) is 0 Å². The first-order valence-electron chi connectivity index (χ1n) is 7.80. The number of piperidine rings is 1. The maximum absolute atomic E-state index is 11.9. The minimum Gasteiger partial charge on any atom is -0.341 e. The molecule has 3 heterocycles. The second kappa shape index (κ2) is 7.37. The van der Waals surface area contributed by atoms with Crippen LogP contribution in [0.4, 0.5) is 11.6 Å². The summed E-state index contributed by atoms with van der Waals surface area (Å²) in [7, 11) is 0. The summed E-state index contributed by atoms with van der Waals surface area (Å²) in [6.45, 7) is 4.27. The number of nitrogens with one attached hydrogen (secondary N) is 1. The highest BCUT2D eigenvalue weighted by atomic mass is 32.1. The van der Waals surface area contributed by atoms with E-state index < -0.39 is 0 Å². The molecule has 0 saturated carbocycles. The van der Waals surface area contributed by atoms with Crippen molar-refractivity contribution < 1.29 is 4.79 Å². The lowest BCUT2D eigenvalue weighted by Crippen LogP contribution is -2.34. The first-order valence-corrected chi connectivity index (χ1v) is 8.68. The largest absolute Gasteiger partial charge is 0.341 e. The van der Waals surface area contributed by atoms with Crippen molar-refractivity contribution in [3.05, 3.63) is 40.9 Å². The highest BCUT2D eigenvalue weighted by Crippen LogP contribution is 2.20. The lowest BCUT2D eigenvalue weighted by molar-refractivity contribution is -0.111. The van der Waals surface area contributed by atoms with Gasteiger partial charge in [0, 0.05) is 24.0 Å². The number of aromatic nitrogens is 2. The summed E-state index contributed by atoms with van der Waals surface area (Å²) in [5.41, 5.74) is 0.611. The third-order valence-corrected chi connectivity index (χ3v) is 4.75. The van der Waals surface area contributed by atoms with Gasteiger partial charge in [-0.2, -0.15) is 0 Å². The Morgan fingerprint density at radius 1 is 1.35 bits per heavy atom. The first-order chi connectivity index (χ1) is 11.2. The van der Waals surface area contributed by atoms with E-state index in [0.29, 0.717) is 5.69 Å². The van der Waals surface area contributed by atoms with Crippen LogP contribution >= 0.6 is 11.3 Å². The van der Waals surface area contributed by atoms with Crippen molar-refractivity contribution in [3.63, 3.8) is 0 Å². The standard InChI is InChI=1S/C17H20N4OS/c1-13-6-8-21(9-7-13)17-18-11-14(12-19-17)20-16(22)5-4-15-3-2-10-23-15/h2-5,10-13H,6-9H2,1H3,(H,20,22)/b5-4+. The van der Waals surface area contributed by atoms with Gasteiger partial charge in [0.05, 0.1) is 18.1 Å². The molecule has 5 nitrogen and oxygen atoms in total. The summed E-state index contributed by atoms with van der Waals surface area (Å²) in [5.74, 6) is 1.34. The van der Waals surface area contributed by atoms with Crippen LogP contribution in [0.5, 0.6) is 0 Å². The molecule has 0 spiro atoms. The number of carbonyl (C=O) groups excluding carboxylic acids is 1. The molecule has 0 aliphatic carbocycles. The van der Waals surface area contributed by atoms with Gasteiger partial charge in [0.2, 0.25) is 11.9 Å². The number of carbonyl (C=O) groups is 1. The molecule has 1 aliphatic heterocycles. The SMILES string of the molecule is CC1CCN(c2ncc(NC(=O)/C=C/c3cccs3)cn2)CC1. The second-order valence-corrected chi connectivity index (χ2v) is 6.76. The van der Waals surface area contributed by atoms with Crippen LogP contribution < -0.4 is 10.2 Å². The molecule has 1 aliphatic rings. The average Bonchev–Trinajstić information content (AvgIpc) is 3.08. The maximum Gasteiger partial charge on any atom is 0.248 e. The van der Waals surface area contributed by atoms with E-state index in [-0.39, 0.29) is 5.91 Å². The van der Waals surface area contributed by atoms with Gasteiger partial charge in [0.1, 0.15) is 0 Å². The lowest BCUT2D eigenvalue weighted by atomic mass is 10.00. The van der Waals surface area contributed by atoms with Crippen LogP contribution in [0.15, 0.2) is 36.0 Å². The third-order valence-electron chi connectivity index (χ3n) is 3.91. The summed E-state index contributed by atoms with van der Waals surface area (Å²) in [4.78, 5) is 23.9. The zero-order valence-electron chi connectivity index (χ0n) is 13.1. The molecule has 0 atom stereocenters. The van der Waals surface area contributed by atoms with Gasteiger partial charge < -0.3 is 10.2 Å². The summed E-state index contributed by atoms with van der Waals surface area (Å²) in [6.07, 6.45) is 9.00.